The molecule has 2 unspecified atom stereocenters. The van der Waals surface area contributed by atoms with E-state index < -0.39 is 35.6 Å². The third kappa shape index (κ3) is 5.88. The molecule has 2 saturated carbocycles. The van der Waals surface area contributed by atoms with Gasteiger partial charge < -0.3 is 18.9 Å². The fraction of sp³-hybridized carbons (Fsp3) is 0.621. The summed E-state index contributed by atoms with van der Waals surface area (Å²) in [5.41, 5.74) is 2.79. The van der Waals surface area contributed by atoms with E-state index in [1.54, 1.807) is 29.4 Å². The summed E-state index contributed by atoms with van der Waals surface area (Å²) in [6.45, 7) is 7.65. The molecule has 13 heteroatoms. The number of halogens is 2. The van der Waals surface area contributed by atoms with Gasteiger partial charge in [-0.2, -0.15) is 0 Å². The topological polar surface area (TPSA) is 110 Å². The number of aromatic nitrogens is 5. The molecular formula is C29H35F2N5O5S. The Morgan fingerprint density at radius 2 is 1.95 bits per heavy atom. The Morgan fingerprint density at radius 3 is 2.71 bits per heavy atom. The summed E-state index contributed by atoms with van der Waals surface area (Å²) < 4.78 is 52.6. The van der Waals surface area contributed by atoms with E-state index in [1.165, 1.54) is 12.1 Å². The van der Waals surface area contributed by atoms with Crippen molar-refractivity contribution in [1.82, 2.24) is 25.0 Å². The number of hydrogen-bond donors (Lipinski definition) is 0. The highest BCUT2D eigenvalue weighted by Crippen LogP contribution is 2.50. The number of carbonyl (C=O) groups is 1. The highest BCUT2D eigenvalue weighted by molar-refractivity contribution is 7.99. The van der Waals surface area contributed by atoms with Crippen molar-refractivity contribution in [3.8, 4) is 0 Å². The Balaban J connectivity index is 1.28. The number of fused-ring (bicyclic) bond motifs is 2. The predicted octanol–water partition coefficient (Wildman–Crippen LogP) is 4.76. The number of ether oxygens (including phenoxy) is 4. The van der Waals surface area contributed by atoms with Crippen molar-refractivity contribution >= 4 is 28.9 Å². The molecule has 6 atom stereocenters. The summed E-state index contributed by atoms with van der Waals surface area (Å²) in [6.07, 6.45) is 1.72. The van der Waals surface area contributed by atoms with Gasteiger partial charge in [0.05, 0.1) is 24.4 Å². The van der Waals surface area contributed by atoms with Gasteiger partial charge in [0, 0.05) is 12.2 Å². The number of nitrogens with zero attached hydrogens (tertiary/aromatic N) is 5. The van der Waals surface area contributed by atoms with E-state index in [1.807, 2.05) is 13.8 Å². The molecule has 1 saturated heterocycles. The molecule has 3 heterocycles. The van der Waals surface area contributed by atoms with Crippen molar-refractivity contribution in [2.75, 3.05) is 19.0 Å². The average molecular weight is 604 g/mol. The van der Waals surface area contributed by atoms with Gasteiger partial charge in [0.25, 0.3) is 0 Å². The van der Waals surface area contributed by atoms with E-state index >= 15 is 0 Å². The maximum absolute atomic E-state index is 13.9. The quantitative estimate of drug-likeness (QED) is 0.173. The van der Waals surface area contributed by atoms with Crippen molar-refractivity contribution in [1.29, 1.82) is 0 Å². The molecule has 0 spiro atoms. The summed E-state index contributed by atoms with van der Waals surface area (Å²) in [5, 5.41) is 9.69. The molecule has 3 fully saturated rings. The van der Waals surface area contributed by atoms with Crippen LogP contribution in [0.2, 0.25) is 0 Å². The van der Waals surface area contributed by atoms with Gasteiger partial charge in [-0.15, -0.1) is 5.10 Å². The molecule has 2 aromatic heterocycles. The molecule has 3 aromatic rings. The van der Waals surface area contributed by atoms with E-state index in [9.17, 15) is 13.6 Å². The van der Waals surface area contributed by atoms with Crippen LogP contribution in [0.3, 0.4) is 0 Å². The Morgan fingerprint density at radius 1 is 1.14 bits per heavy atom. The molecule has 1 aliphatic heterocycles. The van der Waals surface area contributed by atoms with Crippen LogP contribution in [0.1, 0.15) is 70.2 Å². The zero-order valence-corrected chi connectivity index (χ0v) is 24.9. The second-order valence-electron chi connectivity index (χ2n) is 11.5. The predicted molar refractivity (Wildman–Crippen MR) is 149 cm³/mol. The van der Waals surface area contributed by atoms with Crippen molar-refractivity contribution in [3.63, 3.8) is 0 Å². The van der Waals surface area contributed by atoms with Crippen LogP contribution in [0.15, 0.2) is 23.4 Å². The van der Waals surface area contributed by atoms with Crippen LogP contribution in [-0.4, -0.2) is 74.0 Å². The van der Waals surface area contributed by atoms with Gasteiger partial charge in [0.15, 0.2) is 33.7 Å². The first-order valence-corrected chi connectivity index (χ1v) is 15.5. The average Bonchev–Trinajstić information content (AvgIpc) is 3.28. The van der Waals surface area contributed by atoms with E-state index in [4.69, 9.17) is 28.9 Å². The highest BCUT2D eigenvalue weighted by atomic mass is 32.2. The van der Waals surface area contributed by atoms with E-state index in [0.717, 1.165) is 29.9 Å². The third-order valence-corrected chi connectivity index (χ3v) is 9.03. The first kappa shape index (κ1) is 29.3. The Kier molecular flexibility index (Phi) is 8.20. The van der Waals surface area contributed by atoms with Crippen molar-refractivity contribution < 1.29 is 32.5 Å². The van der Waals surface area contributed by atoms with Crippen LogP contribution < -0.4 is 0 Å². The molecule has 0 bridgehead atoms. The molecular weight excluding hydrogens is 568 g/mol. The van der Waals surface area contributed by atoms with Crippen LogP contribution in [0.25, 0.3) is 11.2 Å². The molecule has 2 aliphatic carbocycles. The molecule has 0 N–H and O–H groups in total. The summed E-state index contributed by atoms with van der Waals surface area (Å²) >= 11 is 1.57. The van der Waals surface area contributed by atoms with Crippen molar-refractivity contribution in [2.45, 2.75) is 94.6 Å². The van der Waals surface area contributed by atoms with E-state index in [-0.39, 0.29) is 37.2 Å². The molecule has 0 radical (unpaired) electrons. The molecule has 10 nitrogen and oxygen atoms in total. The maximum Gasteiger partial charge on any atom is 0.332 e. The maximum atomic E-state index is 13.9. The van der Waals surface area contributed by atoms with Crippen LogP contribution in [0, 0.1) is 17.6 Å². The van der Waals surface area contributed by atoms with Crippen molar-refractivity contribution in [2.24, 2.45) is 5.92 Å². The van der Waals surface area contributed by atoms with Crippen LogP contribution in [-0.2, 0) is 30.2 Å². The highest BCUT2D eigenvalue weighted by Gasteiger charge is 2.56. The van der Waals surface area contributed by atoms with E-state index in [0.29, 0.717) is 29.2 Å². The summed E-state index contributed by atoms with van der Waals surface area (Å²) in [5.74, 6) is -1.72. The van der Waals surface area contributed by atoms with Crippen LogP contribution >= 0.6 is 11.8 Å². The lowest BCUT2D eigenvalue weighted by Gasteiger charge is -2.23. The number of carbonyl (C=O) groups excluding carboxylic acids is 1. The Labute approximate surface area is 246 Å². The van der Waals surface area contributed by atoms with Crippen LogP contribution in [0.4, 0.5) is 8.78 Å². The minimum Gasteiger partial charge on any atom is -0.464 e. The lowest BCUT2D eigenvalue weighted by molar-refractivity contribution is -0.174. The second kappa shape index (κ2) is 11.7. The number of benzene rings is 1. The Hall–Kier alpha value is -2.74. The summed E-state index contributed by atoms with van der Waals surface area (Å²) in [7, 11) is 0. The molecule has 42 heavy (non-hydrogen) atoms. The normalized spacial score (nSPS) is 27.9. The van der Waals surface area contributed by atoms with Gasteiger partial charge in [-0.05, 0) is 69.6 Å². The van der Waals surface area contributed by atoms with Gasteiger partial charge in [-0.25, -0.2) is 28.2 Å². The lowest BCUT2D eigenvalue weighted by atomic mass is 10.1. The first-order chi connectivity index (χ1) is 20.2. The number of esters is 1. The van der Waals surface area contributed by atoms with Gasteiger partial charge in [-0.3, -0.25) is 0 Å². The summed E-state index contributed by atoms with van der Waals surface area (Å²) in [6, 6.07) is 3.83. The largest absolute Gasteiger partial charge is 0.464 e. The third-order valence-electron chi connectivity index (χ3n) is 7.98. The minimum atomic E-state index is -0.842. The SMILES string of the molecule is CCCSc1nc(CC2C[C@@H]2c2ccc(F)c(F)c2)c2nnn(C3C[C@H](OCC(=O)OCC)[C@H]4OC(C)(C)O[C@@H]34)c2n1. The lowest BCUT2D eigenvalue weighted by Crippen LogP contribution is -2.32. The monoisotopic (exact) mass is 603 g/mol. The second-order valence-corrected chi connectivity index (χ2v) is 12.6. The van der Waals surface area contributed by atoms with Gasteiger partial charge >= 0.3 is 5.97 Å². The van der Waals surface area contributed by atoms with Crippen molar-refractivity contribution in [3.05, 3.63) is 41.1 Å². The molecule has 6 rings (SSSR count). The van der Waals surface area contributed by atoms with Crippen LogP contribution in [0.5, 0.6) is 0 Å². The smallest absolute Gasteiger partial charge is 0.332 e. The Bertz CT molecular complexity index is 1470. The number of thioether (sulfide) groups is 1. The van der Waals surface area contributed by atoms with Gasteiger partial charge in [-0.1, -0.05) is 30.0 Å². The molecule has 3 aliphatic rings. The van der Waals surface area contributed by atoms with Gasteiger partial charge in [0.2, 0.25) is 0 Å². The molecule has 1 aromatic carbocycles. The minimum absolute atomic E-state index is 0.131. The number of hydrogen-bond acceptors (Lipinski definition) is 10. The number of rotatable bonds is 11. The standard InChI is InChI=1S/C29H35F2N5O5S/c1-5-9-42-28-32-20(12-16-10-17(16)15-7-8-18(30)19(31)11-15)24-27(33-28)36(35-34-24)21-13-22(39-14-23(37)38-6-2)26-25(21)40-29(3,4)41-26/h7-8,11,16-17,21-22,25-26H,5-6,9-10,12-14H2,1-4H3/t16?,17-,21?,22+,25+,26-/m1/s1. The summed E-state index contributed by atoms with van der Waals surface area (Å²) in [4.78, 5) is 21.7. The first-order valence-electron chi connectivity index (χ1n) is 14.5. The van der Waals surface area contributed by atoms with Gasteiger partial charge in [0.1, 0.15) is 18.8 Å². The molecule has 226 valence electrons. The molecule has 0 amide bonds. The fourth-order valence-electron chi connectivity index (χ4n) is 6.05. The zero-order chi connectivity index (χ0) is 29.6. The fourth-order valence-corrected chi connectivity index (χ4v) is 6.76. The zero-order valence-electron chi connectivity index (χ0n) is 24.1. The van der Waals surface area contributed by atoms with E-state index in [2.05, 4.69) is 17.2 Å².